The van der Waals surface area contributed by atoms with Crippen molar-refractivity contribution in [1.29, 1.82) is 0 Å². The second kappa shape index (κ2) is 15.1. The summed E-state index contributed by atoms with van der Waals surface area (Å²) in [4.78, 5) is 19.1. The highest BCUT2D eigenvalue weighted by atomic mass is 127. The number of alkyl carbamates (subject to hydrolysis) is 1. The maximum atomic E-state index is 12.3. The number of carbonyl (C=O) groups is 1. The van der Waals surface area contributed by atoms with Gasteiger partial charge in [-0.1, -0.05) is 13.8 Å². The van der Waals surface area contributed by atoms with E-state index in [1.165, 1.54) is 0 Å². The molecule has 1 saturated heterocycles. The average molecular weight is 557 g/mol. The molecule has 184 valence electrons. The Morgan fingerprint density at radius 1 is 1.13 bits per heavy atom. The minimum atomic E-state index is -0.517. The summed E-state index contributed by atoms with van der Waals surface area (Å²) in [6.07, 6.45) is 4.41. The smallest absolute Gasteiger partial charge is 0.408 e. The first-order valence-corrected chi connectivity index (χ1v) is 11.3. The Labute approximate surface area is 206 Å². The van der Waals surface area contributed by atoms with Gasteiger partial charge in [0.15, 0.2) is 5.96 Å². The van der Waals surface area contributed by atoms with E-state index in [1.807, 2.05) is 20.8 Å². The number of carbonyl (C=O) groups excluding carboxylic acids is 1. The van der Waals surface area contributed by atoms with E-state index in [4.69, 9.17) is 14.2 Å². The Kier molecular flexibility index (Phi) is 14.7. The van der Waals surface area contributed by atoms with E-state index in [9.17, 15) is 4.79 Å². The number of halogens is 1. The molecule has 0 bridgehead atoms. The Morgan fingerprint density at radius 2 is 1.74 bits per heavy atom. The maximum Gasteiger partial charge on any atom is 0.408 e. The number of nitrogens with zero attached hydrogens (tertiary/aromatic N) is 2. The molecular formula is C22H45IN4O4. The van der Waals surface area contributed by atoms with Crippen molar-refractivity contribution in [3.05, 3.63) is 0 Å². The van der Waals surface area contributed by atoms with Crippen LogP contribution in [0.1, 0.15) is 66.7 Å². The first-order chi connectivity index (χ1) is 14.2. The van der Waals surface area contributed by atoms with E-state index in [0.717, 1.165) is 64.4 Å². The van der Waals surface area contributed by atoms with Crippen LogP contribution in [0.15, 0.2) is 4.99 Å². The fourth-order valence-electron chi connectivity index (χ4n) is 3.51. The normalized spacial score (nSPS) is 16.0. The molecule has 0 atom stereocenters. The van der Waals surface area contributed by atoms with E-state index >= 15 is 0 Å². The van der Waals surface area contributed by atoms with E-state index in [-0.39, 0.29) is 35.6 Å². The van der Waals surface area contributed by atoms with Crippen molar-refractivity contribution in [2.24, 2.45) is 4.99 Å². The SMILES string of the molecule is CCC(CC)(CNC(=NC)N1CCC(OCCCOC)CC1)NC(=O)OC(C)(C)C.I. The van der Waals surface area contributed by atoms with Crippen LogP contribution >= 0.6 is 24.0 Å². The second-order valence-electron chi connectivity index (χ2n) is 8.92. The zero-order valence-corrected chi connectivity index (χ0v) is 22.9. The van der Waals surface area contributed by atoms with Gasteiger partial charge in [0.25, 0.3) is 0 Å². The van der Waals surface area contributed by atoms with Gasteiger partial charge in [-0.2, -0.15) is 0 Å². The van der Waals surface area contributed by atoms with Crippen LogP contribution < -0.4 is 10.6 Å². The van der Waals surface area contributed by atoms with Gasteiger partial charge in [0.1, 0.15) is 5.60 Å². The van der Waals surface area contributed by atoms with E-state index in [1.54, 1.807) is 14.2 Å². The van der Waals surface area contributed by atoms with Crippen LogP contribution in [-0.2, 0) is 14.2 Å². The van der Waals surface area contributed by atoms with Crippen LogP contribution in [0.4, 0.5) is 4.79 Å². The highest BCUT2D eigenvalue weighted by molar-refractivity contribution is 14.0. The quantitative estimate of drug-likeness (QED) is 0.185. The lowest BCUT2D eigenvalue weighted by Crippen LogP contribution is -2.58. The van der Waals surface area contributed by atoms with Gasteiger partial charge in [-0.05, 0) is 52.9 Å². The third-order valence-electron chi connectivity index (χ3n) is 5.50. The number of methoxy groups -OCH3 is 1. The molecule has 1 fully saturated rings. The Balaban J connectivity index is 0.00000900. The molecule has 2 N–H and O–H groups in total. The van der Waals surface area contributed by atoms with Crippen LogP contribution in [0.3, 0.4) is 0 Å². The van der Waals surface area contributed by atoms with Gasteiger partial charge in [-0.25, -0.2) is 4.79 Å². The van der Waals surface area contributed by atoms with Gasteiger partial charge < -0.3 is 29.7 Å². The second-order valence-corrected chi connectivity index (χ2v) is 8.92. The highest BCUT2D eigenvalue weighted by Gasteiger charge is 2.31. The van der Waals surface area contributed by atoms with E-state index < -0.39 is 5.60 Å². The highest BCUT2D eigenvalue weighted by Crippen LogP contribution is 2.18. The predicted molar refractivity (Wildman–Crippen MR) is 136 cm³/mol. The van der Waals surface area contributed by atoms with Crippen molar-refractivity contribution in [3.63, 3.8) is 0 Å². The van der Waals surface area contributed by atoms with Crippen molar-refractivity contribution >= 4 is 36.0 Å². The summed E-state index contributed by atoms with van der Waals surface area (Å²) in [6, 6.07) is 0. The first-order valence-electron chi connectivity index (χ1n) is 11.3. The van der Waals surface area contributed by atoms with Crippen molar-refractivity contribution < 1.29 is 19.0 Å². The van der Waals surface area contributed by atoms with Gasteiger partial charge in [0.2, 0.25) is 0 Å². The molecule has 0 radical (unpaired) electrons. The summed E-state index contributed by atoms with van der Waals surface area (Å²) in [6.45, 7) is 13.7. The Hall–Kier alpha value is -0.810. The number of nitrogens with one attached hydrogen (secondary N) is 2. The average Bonchev–Trinajstić information content (AvgIpc) is 2.70. The molecule has 31 heavy (non-hydrogen) atoms. The van der Waals surface area contributed by atoms with Crippen LogP contribution in [0, 0.1) is 0 Å². The molecule has 1 amide bonds. The summed E-state index contributed by atoms with van der Waals surface area (Å²) >= 11 is 0. The van der Waals surface area contributed by atoms with Gasteiger partial charge in [-0.15, -0.1) is 24.0 Å². The summed E-state index contributed by atoms with van der Waals surface area (Å²) in [5.41, 5.74) is -0.905. The lowest BCUT2D eigenvalue weighted by atomic mass is 9.93. The van der Waals surface area contributed by atoms with Gasteiger partial charge in [0.05, 0.1) is 11.6 Å². The molecule has 0 aliphatic carbocycles. The fraction of sp³-hybridized carbons (Fsp3) is 0.909. The zero-order chi connectivity index (χ0) is 22.6. The number of ether oxygens (including phenoxy) is 3. The summed E-state index contributed by atoms with van der Waals surface area (Å²) < 4.78 is 16.5. The van der Waals surface area contributed by atoms with Gasteiger partial charge in [-0.3, -0.25) is 4.99 Å². The Bertz CT molecular complexity index is 528. The molecular weight excluding hydrogens is 511 g/mol. The third kappa shape index (κ3) is 11.6. The number of guanidine groups is 1. The van der Waals surface area contributed by atoms with Crippen LogP contribution in [0.2, 0.25) is 0 Å². The van der Waals surface area contributed by atoms with Crippen molar-refractivity contribution in [2.75, 3.05) is 47.0 Å². The Morgan fingerprint density at radius 3 is 2.23 bits per heavy atom. The summed E-state index contributed by atoms with van der Waals surface area (Å²) in [5, 5.41) is 6.56. The molecule has 0 saturated carbocycles. The molecule has 0 spiro atoms. The van der Waals surface area contributed by atoms with Crippen LogP contribution in [0.5, 0.6) is 0 Å². The van der Waals surface area contributed by atoms with E-state index in [2.05, 4.69) is 34.4 Å². The molecule has 1 aliphatic heterocycles. The number of amides is 1. The van der Waals surface area contributed by atoms with E-state index in [0.29, 0.717) is 12.6 Å². The molecule has 0 aromatic carbocycles. The molecule has 0 unspecified atom stereocenters. The van der Waals surface area contributed by atoms with Gasteiger partial charge >= 0.3 is 6.09 Å². The minimum absolute atomic E-state index is 0. The monoisotopic (exact) mass is 556 g/mol. The fourth-order valence-corrected chi connectivity index (χ4v) is 3.51. The lowest BCUT2D eigenvalue weighted by molar-refractivity contribution is 0.00978. The zero-order valence-electron chi connectivity index (χ0n) is 20.6. The molecule has 9 heteroatoms. The van der Waals surface area contributed by atoms with Gasteiger partial charge in [0, 0.05) is 47.0 Å². The summed E-state index contributed by atoms with van der Waals surface area (Å²) in [7, 11) is 3.52. The molecule has 0 aromatic rings. The third-order valence-corrected chi connectivity index (χ3v) is 5.50. The molecule has 8 nitrogen and oxygen atoms in total. The topological polar surface area (TPSA) is 84.4 Å². The molecule has 1 aliphatic rings. The number of likely N-dealkylation sites (tertiary alicyclic amines) is 1. The lowest BCUT2D eigenvalue weighted by Gasteiger charge is -2.38. The molecule has 1 rings (SSSR count). The maximum absolute atomic E-state index is 12.3. The molecule has 0 aromatic heterocycles. The number of hydrogen-bond acceptors (Lipinski definition) is 5. The largest absolute Gasteiger partial charge is 0.444 e. The number of aliphatic imine (C=N–C) groups is 1. The van der Waals surface area contributed by atoms with Crippen molar-refractivity contribution in [2.45, 2.75) is 84.0 Å². The number of piperidine rings is 1. The minimum Gasteiger partial charge on any atom is -0.444 e. The predicted octanol–water partition coefficient (Wildman–Crippen LogP) is 3.78. The molecule has 1 heterocycles. The van der Waals surface area contributed by atoms with Crippen LogP contribution in [-0.4, -0.2) is 81.2 Å². The van der Waals surface area contributed by atoms with Crippen molar-refractivity contribution in [3.8, 4) is 0 Å². The van der Waals surface area contributed by atoms with Crippen molar-refractivity contribution in [1.82, 2.24) is 15.5 Å². The number of rotatable bonds is 10. The number of hydrogen-bond donors (Lipinski definition) is 2. The summed E-state index contributed by atoms with van der Waals surface area (Å²) in [5.74, 6) is 0.866. The van der Waals surface area contributed by atoms with Crippen LogP contribution in [0.25, 0.3) is 0 Å². The standard InChI is InChI=1S/C22H44N4O4.HI/c1-8-22(9-2,25-20(27)30-21(3,4)5)17-24-19(23-6)26-13-11-18(12-14-26)29-16-10-15-28-7;/h18H,8-17H2,1-7H3,(H,23,24)(H,25,27);1H. The first kappa shape index (κ1) is 30.2.